The van der Waals surface area contributed by atoms with Crippen LogP contribution in [0, 0.1) is 6.92 Å². The van der Waals surface area contributed by atoms with E-state index in [2.05, 4.69) is 0 Å². The van der Waals surface area contributed by atoms with Crippen LogP contribution in [0.5, 0.6) is 5.75 Å². The van der Waals surface area contributed by atoms with Crippen LogP contribution < -0.4 is 10.3 Å². The maximum Gasteiger partial charge on any atom is 0.266 e. The van der Waals surface area contributed by atoms with Crippen LogP contribution in [0.4, 0.5) is 0 Å². The van der Waals surface area contributed by atoms with Gasteiger partial charge < -0.3 is 4.74 Å². The highest BCUT2D eigenvalue weighted by atomic mass is 32.2. The van der Waals surface area contributed by atoms with Gasteiger partial charge in [-0.2, -0.15) is 0 Å². The fourth-order valence-electron chi connectivity index (χ4n) is 3.86. The van der Waals surface area contributed by atoms with E-state index in [1.165, 1.54) is 27.9 Å². The van der Waals surface area contributed by atoms with Crippen molar-refractivity contribution in [3.05, 3.63) is 105 Å². The molecule has 9 heteroatoms. The molecule has 1 aliphatic rings. The number of thiocarbonyl (C=S) groups is 1. The highest BCUT2D eigenvalue weighted by Gasteiger charge is 2.32. The summed E-state index contributed by atoms with van der Waals surface area (Å²) in [4.78, 5) is 34.5. The first kappa shape index (κ1) is 25.3. The summed E-state index contributed by atoms with van der Waals surface area (Å²) in [6, 6.07) is 21.2. The van der Waals surface area contributed by atoms with Crippen LogP contribution >= 0.6 is 35.7 Å². The fraction of sp³-hybridized carbons (Fsp3) is 0.143. The summed E-state index contributed by atoms with van der Waals surface area (Å²) in [5.74, 6) is 0.583. The summed E-state index contributed by atoms with van der Waals surface area (Å²) < 4.78 is 7.18. The number of aromatic nitrogens is 2. The number of carbonyl (C=O) groups excluding carboxylic acids is 1. The van der Waals surface area contributed by atoms with E-state index in [9.17, 15) is 9.59 Å². The van der Waals surface area contributed by atoms with Crippen molar-refractivity contribution in [3.8, 4) is 5.75 Å². The van der Waals surface area contributed by atoms with Gasteiger partial charge in [0.1, 0.15) is 20.7 Å². The number of methoxy groups -OCH3 is 1. The Kier molecular flexibility index (Phi) is 7.45. The zero-order chi connectivity index (χ0) is 25.9. The number of aryl methyl sites for hydroxylation is 1. The Labute approximate surface area is 228 Å². The van der Waals surface area contributed by atoms with Crippen LogP contribution in [0.2, 0.25) is 0 Å². The lowest BCUT2D eigenvalue weighted by atomic mass is 10.1. The quantitative estimate of drug-likeness (QED) is 0.170. The molecule has 4 aromatic rings. The molecule has 5 rings (SSSR count). The fourth-order valence-corrected chi connectivity index (χ4v) is 6.04. The lowest BCUT2D eigenvalue weighted by Crippen LogP contribution is -2.30. The molecule has 1 fully saturated rings. The zero-order valence-electron chi connectivity index (χ0n) is 20.2. The lowest BCUT2D eigenvalue weighted by molar-refractivity contribution is -0.122. The molecule has 0 bridgehead atoms. The van der Waals surface area contributed by atoms with Crippen molar-refractivity contribution < 1.29 is 9.53 Å². The third-order valence-corrected chi connectivity index (χ3v) is 8.29. The topological polar surface area (TPSA) is 63.9 Å². The number of amides is 1. The Morgan fingerprint density at radius 2 is 1.81 bits per heavy atom. The summed E-state index contributed by atoms with van der Waals surface area (Å²) in [5.41, 5.74) is 2.90. The van der Waals surface area contributed by atoms with Gasteiger partial charge in [0.15, 0.2) is 0 Å². The Morgan fingerprint density at radius 3 is 2.54 bits per heavy atom. The lowest BCUT2D eigenvalue weighted by Gasteiger charge is -2.14. The number of thioether (sulfide) groups is 1. The predicted molar refractivity (Wildman–Crippen MR) is 153 cm³/mol. The first-order valence-electron chi connectivity index (χ1n) is 11.6. The van der Waals surface area contributed by atoms with Crippen LogP contribution in [0.25, 0.3) is 11.7 Å². The molecule has 6 nitrogen and oxygen atoms in total. The second kappa shape index (κ2) is 10.9. The molecule has 0 N–H and O–H groups in total. The number of fused-ring (bicyclic) bond motifs is 1. The van der Waals surface area contributed by atoms with Gasteiger partial charge in [-0.25, -0.2) is 4.98 Å². The highest BCUT2D eigenvalue weighted by Crippen LogP contribution is 2.35. The van der Waals surface area contributed by atoms with E-state index >= 15 is 0 Å². The van der Waals surface area contributed by atoms with Gasteiger partial charge in [-0.15, -0.1) is 0 Å². The molecular formula is C28H23N3O3S3. The van der Waals surface area contributed by atoms with Crippen molar-refractivity contribution >= 4 is 57.7 Å². The SMILES string of the molecule is COc1ccc(CCN2C(=O)C(=Cc3c(Sc4ccc(C)cc4)nc4ccccn4c3=O)SC2=S)cc1. The van der Waals surface area contributed by atoms with Gasteiger partial charge in [0.25, 0.3) is 11.5 Å². The second-order valence-corrected chi connectivity index (χ2v) is 11.1. The molecule has 0 spiro atoms. The average Bonchev–Trinajstić information content (AvgIpc) is 3.18. The van der Waals surface area contributed by atoms with E-state index in [0.29, 0.717) is 38.4 Å². The average molecular weight is 546 g/mol. The van der Waals surface area contributed by atoms with Crippen LogP contribution in [0.3, 0.4) is 0 Å². The summed E-state index contributed by atoms with van der Waals surface area (Å²) in [6.07, 6.45) is 3.97. The van der Waals surface area contributed by atoms with E-state index < -0.39 is 0 Å². The third kappa shape index (κ3) is 5.49. The molecule has 186 valence electrons. The summed E-state index contributed by atoms with van der Waals surface area (Å²) in [6.45, 7) is 2.48. The van der Waals surface area contributed by atoms with Crippen molar-refractivity contribution in [2.24, 2.45) is 0 Å². The zero-order valence-corrected chi connectivity index (χ0v) is 22.7. The number of benzene rings is 2. The molecule has 0 radical (unpaired) electrons. The monoisotopic (exact) mass is 545 g/mol. The van der Waals surface area contributed by atoms with Crippen molar-refractivity contribution in [1.29, 1.82) is 0 Å². The largest absolute Gasteiger partial charge is 0.497 e. The first-order valence-corrected chi connectivity index (χ1v) is 13.6. The van der Waals surface area contributed by atoms with Crippen molar-refractivity contribution in [3.63, 3.8) is 0 Å². The molecule has 1 amide bonds. The van der Waals surface area contributed by atoms with Gasteiger partial charge in [-0.3, -0.25) is 18.9 Å². The van der Waals surface area contributed by atoms with E-state index in [1.807, 2.05) is 61.5 Å². The molecule has 2 aromatic carbocycles. The predicted octanol–water partition coefficient (Wildman–Crippen LogP) is 5.61. The molecular weight excluding hydrogens is 523 g/mol. The Hall–Kier alpha value is -3.40. The molecule has 1 aliphatic heterocycles. The van der Waals surface area contributed by atoms with Gasteiger partial charge in [-0.1, -0.05) is 71.6 Å². The van der Waals surface area contributed by atoms with Crippen LogP contribution in [-0.2, 0) is 11.2 Å². The Balaban J connectivity index is 1.46. The molecule has 2 aromatic heterocycles. The summed E-state index contributed by atoms with van der Waals surface area (Å²) >= 11 is 8.14. The van der Waals surface area contributed by atoms with Gasteiger partial charge in [-0.05, 0) is 61.4 Å². The van der Waals surface area contributed by atoms with Crippen molar-refractivity contribution in [1.82, 2.24) is 14.3 Å². The number of nitrogens with zero attached hydrogens (tertiary/aromatic N) is 3. The minimum absolute atomic E-state index is 0.202. The van der Waals surface area contributed by atoms with Gasteiger partial charge in [0.2, 0.25) is 0 Å². The number of hydrogen-bond acceptors (Lipinski definition) is 7. The minimum atomic E-state index is -0.233. The van der Waals surface area contributed by atoms with Crippen LogP contribution in [0.15, 0.2) is 92.5 Å². The number of pyridine rings is 1. The van der Waals surface area contributed by atoms with Gasteiger partial charge >= 0.3 is 0 Å². The number of rotatable bonds is 7. The number of ether oxygens (including phenoxy) is 1. The first-order chi connectivity index (χ1) is 17.9. The summed E-state index contributed by atoms with van der Waals surface area (Å²) in [7, 11) is 1.63. The standard InChI is InChI=1S/C28H23N3O3S3/c1-18-6-12-21(13-7-18)36-25-22(26(32)30-15-4-3-5-24(30)29-25)17-23-27(33)31(28(35)37-23)16-14-19-8-10-20(34-2)11-9-19/h3-13,15,17H,14,16H2,1-2H3. The van der Waals surface area contributed by atoms with Crippen LogP contribution in [-0.4, -0.2) is 38.2 Å². The minimum Gasteiger partial charge on any atom is -0.497 e. The van der Waals surface area contributed by atoms with Crippen LogP contribution in [0.1, 0.15) is 16.7 Å². The van der Waals surface area contributed by atoms with Gasteiger partial charge in [0.05, 0.1) is 17.6 Å². The molecule has 0 saturated carbocycles. The van der Waals surface area contributed by atoms with E-state index in [1.54, 1.807) is 36.4 Å². The molecule has 0 aliphatic carbocycles. The number of carbonyl (C=O) groups is 1. The maximum absolute atomic E-state index is 13.5. The Bertz CT molecular complexity index is 1580. The second-order valence-electron chi connectivity index (χ2n) is 8.41. The Morgan fingerprint density at radius 1 is 1.05 bits per heavy atom. The molecule has 0 unspecified atom stereocenters. The smallest absolute Gasteiger partial charge is 0.266 e. The summed E-state index contributed by atoms with van der Waals surface area (Å²) in [5, 5.41) is 0.545. The van der Waals surface area contributed by atoms with Crippen molar-refractivity contribution in [2.75, 3.05) is 13.7 Å². The van der Waals surface area contributed by atoms with Gasteiger partial charge in [0, 0.05) is 17.6 Å². The van der Waals surface area contributed by atoms with E-state index in [4.69, 9.17) is 21.9 Å². The molecule has 37 heavy (non-hydrogen) atoms. The normalized spacial score (nSPS) is 14.6. The maximum atomic E-state index is 13.5. The van der Waals surface area contributed by atoms with E-state index in [-0.39, 0.29) is 11.5 Å². The molecule has 3 heterocycles. The number of hydrogen-bond donors (Lipinski definition) is 0. The molecule has 1 saturated heterocycles. The molecule has 0 atom stereocenters. The van der Waals surface area contributed by atoms with Crippen molar-refractivity contribution in [2.45, 2.75) is 23.3 Å². The third-order valence-electron chi connectivity index (χ3n) is 5.90. The van der Waals surface area contributed by atoms with E-state index in [0.717, 1.165) is 21.8 Å². The highest BCUT2D eigenvalue weighted by molar-refractivity contribution is 8.26.